The molecule has 1 aromatic carbocycles. The molecule has 0 heterocycles. The van der Waals surface area contributed by atoms with Crippen molar-refractivity contribution in [1.29, 1.82) is 0 Å². The van der Waals surface area contributed by atoms with E-state index < -0.39 is 29.3 Å². The Bertz CT molecular complexity index is 904. The largest absolute Gasteiger partial charge is 0.444 e. The van der Waals surface area contributed by atoms with E-state index in [4.69, 9.17) is 11.2 Å². The van der Waals surface area contributed by atoms with Crippen molar-refractivity contribution in [2.75, 3.05) is 6.54 Å². The average molecular weight is 486 g/mol. The summed E-state index contributed by atoms with van der Waals surface area (Å²) >= 11 is 0. The van der Waals surface area contributed by atoms with Crippen molar-refractivity contribution in [3.63, 3.8) is 0 Å². The third-order valence-corrected chi connectivity index (χ3v) is 5.35. The molecule has 0 saturated heterocycles. The summed E-state index contributed by atoms with van der Waals surface area (Å²) in [4.78, 5) is 41.7. The molecule has 3 atom stereocenters. The molecule has 0 saturated carbocycles. The average Bonchev–Trinajstić information content (AvgIpc) is 2.74. The zero-order valence-corrected chi connectivity index (χ0v) is 22.8. The van der Waals surface area contributed by atoms with Crippen molar-refractivity contribution in [3.8, 4) is 12.3 Å². The summed E-state index contributed by atoms with van der Waals surface area (Å²) in [5.41, 5.74) is 0.123. The van der Waals surface area contributed by atoms with Crippen molar-refractivity contribution in [2.45, 2.75) is 98.4 Å². The number of carbonyl (C=O) groups excluding carboxylic acids is 3. The summed E-state index contributed by atoms with van der Waals surface area (Å²) in [5.74, 6) is 1.77. The first-order chi connectivity index (χ1) is 16.1. The van der Waals surface area contributed by atoms with Crippen molar-refractivity contribution in [3.05, 3.63) is 35.4 Å². The highest BCUT2D eigenvalue weighted by Gasteiger charge is 2.38. The molecule has 0 aliphatic heterocycles. The van der Waals surface area contributed by atoms with Gasteiger partial charge in [0, 0.05) is 17.6 Å². The first-order valence-corrected chi connectivity index (χ1v) is 12.3. The van der Waals surface area contributed by atoms with Gasteiger partial charge in [0.25, 0.3) is 0 Å². The van der Waals surface area contributed by atoms with Crippen LogP contribution in [0.25, 0.3) is 0 Å². The van der Waals surface area contributed by atoms with Gasteiger partial charge in [0.2, 0.25) is 11.8 Å². The Morgan fingerprint density at radius 3 is 2.06 bits per heavy atom. The van der Waals surface area contributed by atoms with Crippen LogP contribution < -0.4 is 10.6 Å². The Balaban J connectivity index is 3.51. The molecule has 0 aliphatic rings. The summed E-state index contributed by atoms with van der Waals surface area (Å²) in [7, 11) is 0. The lowest BCUT2D eigenvalue weighted by molar-refractivity contribution is -0.144. The monoisotopic (exact) mass is 485 g/mol. The maximum absolute atomic E-state index is 14.0. The normalized spacial score (nSPS) is 14.2. The quantitative estimate of drug-likeness (QED) is 0.492. The van der Waals surface area contributed by atoms with Gasteiger partial charge < -0.3 is 20.3 Å². The molecule has 0 aromatic heterocycles. The molecular weight excluding hydrogens is 442 g/mol. The minimum Gasteiger partial charge on any atom is -0.444 e. The molecule has 0 aliphatic carbocycles. The van der Waals surface area contributed by atoms with Crippen molar-refractivity contribution < 1.29 is 19.1 Å². The molecule has 194 valence electrons. The molecule has 0 spiro atoms. The Labute approximate surface area is 211 Å². The molecule has 1 aromatic rings. The highest BCUT2D eigenvalue weighted by molar-refractivity contribution is 5.92. The maximum atomic E-state index is 14.0. The lowest BCUT2D eigenvalue weighted by Gasteiger charge is -2.37. The Morgan fingerprint density at radius 1 is 1.06 bits per heavy atom. The number of hydrogen-bond acceptors (Lipinski definition) is 4. The number of rotatable bonds is 9. The maximum Gasteiger partial charge on any atom is 0.408 e. The van der Waals surface area contributed by atoms with Crippen molar-refractivity contribution in [1.82, 2.24) is 15.5 Å². The number of nitrogens with zero attached hydrogens (tertiary/aromatic N) is 1. The van der Waals surface area contributed by atoms with E-state index in [2.05, 4.69) is 16.6 Å². The van der Waals surface area contributed by atoms with Crippen LogP contribution in [0.5, 0.6) is 0 Å². The van der Waals surface area contributed by atoms with E-state index in [1.807, 2.05) is 41.5 Å². The Kier molecular flexibility index (Phi) is 10.8. The number of amides is 3. The number of carbonyl (C=O) groups is 3. The molecule has 3 unspecified atom stereocenters. The second-order valence-electron chi connectivity index (χ2n) is 10.9. The number of ether oxygens (including phenoxy) is 1. The van der Waals surface area contributed by atoms with Gasteiger partial charge in [0.1, 0.15) is 17.7 Å². The van der Waals surface area contributed by atoms with E-state index in [0.717, 1.165) is 0 Å². The summed E-state index contributed by atoms with van der Waals surface area (Å²) in [6.07, 6.45) is 6.13. The number of benzene rings is 1. The molecule has 3 amide bonds. The molecule has 35 heavy (non-hydrogen) atoms. The standard InChI is InChI=1S/C28H43N3O4/c1-11-18-31(25(33)22(19(4)12-2)29-26(34)35-28(8,9)10)23(24(32)30-27(5,6)7)21-16-14-20(13-3)15-17-21/h3,14-17,19,22-23H,11-12,18H2,1-2,4-10H3,(H,29,34)(H,30,32). The van der Waals surface area contributed by atoms with Gasteiger partial charge >= 0.3 is 6.09 Å². The predicted octanol–water partition coefficient (Wildman–Crippen LogP) is 4.80. The van der Waals surface area contributed by atoms with Crippen LogP contribution >= 0.6 is 0 Å². The van der Waals surface area contributed by atoms with Gasteiger partial charge in [-0.05, 0) is 71.6 Å². The van der Waals surface area contributed by atoms with Crippen molar-refractivity contribution in [2.24, 2.45) is 5.92 Å². The first-order valence-electron chi connectivity index (χ1n) is 12.3. The highest BCUT2D eigenvalue weighted by Crippen LogP contribution is 2.26. The SMILES string of the molecule is C#Cc1ccc(C(C(=O)NC(C)(C)C)N(CCC)C(=O)C(NC(=O)OC(C)(C)C)C(C)CC)cc1. The zero-order valence-electron chi connectivity index (χ0n) is 22.8. The second-order valence-corrected chi connectivity index (χ2v) is 10.9. The van der Waals surface area contributed by atoms with E-state index in [1.54, 1.807) is 49.9 Å². The van der Waals surface area contributed by atoms with Crippen LogP contribution in [-0.4, -0.2) is 46.5 Å². The number of terminal acetylenes is 1. The lowest BCUT2D eigenvalue weighted by Crippen LogP contribution is -2.56. The van der Waals surface area contributed by atoms with Gasteiger partial charge in [-0.3, -0.25) is 9.59 Å². The van der Waals surface area contributed by atoms with Gasteiger partial charge in [-0.15, -0.1) is 6.42 Å². The summed E-state index contributed by atoms with van der Waals surface area (Å²) in [5, 5.41) is 5.77. The van der Waals surface area contributed by atoms with E-state index in [0.29, 0.717) is 30.5 Å². The van der Waals surface area contributed by atoms with Crippen LogP contribution in [0, 0.1) is 18.3 Å². The molecule has 7 heteroatoms. The van der Waals surface area contributed by atoms with Crippen LogP contribution in [-0.2, 0) is 14.3 Å². The molecule has 1 rings (SSSR count). The van der Waals surface area contributed by atoms with E-state index in [9.17, 15) is 14.4 Å². The fraction of sp³-hybridized carbons (Fsp3) is 0.607. The zero-order chi connectivity index (χ0) is 27.0. The van der Waals surface area contributed by atoms with Gasteiger partial charge in [0.05, 0.1) is 0 Å². The number of nitrogens with one attached hydrogen (secondary N) is 2. The molecule has 0 radical (unpaired) electrons. The number of alkyl carbamates (subject to hydrolysis) is 1. The molecule has 0 bridgehead atoms. The molecule has 0 fully saturated rings. The Hall–Kier alpha value is -3.01. The fourth-order valence-electron chi connectivity index (χ4n) is 3.58. The highest BCUT2D eigenvalue weighted by atomic mass is 16.6. The molecule has 2 N–H and O–H groups in total. The summed E-state index contributed by atoms with van der Waals surface area (Å²) in [6, 6.07) is 5.32. The third kappa shape index (κ3) is 9.64. The minimum atomic E-state index is -0.888. The van der Waals surface area contributed by atoms with E-state index in [1.165, 1.54) is 0 Å². The van der Waals surface area contributed by atoms with Gasteiger partial charge in [0.15, 0.2) is 0 Å². The summed E-state index contributed by atoms with van der Waals surface area (Å²) in [6.45, 7) is 17.1. The van der Waals surface area contributed by atoms with Gasteiger partial charge in [-0.25, -0.2) is 4.79 Å². The van der Waals surface area contributed by atoms with Gasteiger partial charge in [-0.2, -0.15) is 0 Å². The molecule has 7 nitrogen and oxygen atoms in total. The predicted molar refractivity (Wildman–Crippen MR) is 140 cm³/mol. The van der Waals surface area contributed by atoms with Crippen LogP contribution in [0.4, 0.5) is 4.79 Å². The number of hydrogen-bond donors (Lipinski definition) is 2. The minimum absolute atomic E-state index is 0.176. The summed E-state index contributed by atoms with van der Waals surface area (Å²) < 4.78 is 5.42. The fourth-order valence-corrected chi connectivity index (χ4v) is 3.58. The van der Waals surface area contributed by atoms with Crippen molar-refractivity contribution >= 4 is 17.9 Å². The Morgan fingerprint density at radius 2 is 1.63 bits per heavy atom. The van der Waals surface area contributed by atoms with Crippen LogP contribution in [0.15, 0.2) is 24.3 Å². The van der Waals surface area contributed by atoms with Crippen LogP contribution in [0.1, 0.15) is 92.3 Å². The lowest BCUT2D eigenvalue weighted by atomic mass is 9.95. The second kappa shape index (κ2) is 12.6. The van der Waals surface area contributed by atoms with Crippen LogP contribution in [0.2, 0.25) is 0 Å². The molecular formula is C28H43N3O4. The van der Waals surface area contributed by atoms with Crippen LogP contribution in [0.3, 0.4) is 0 Å². The first kappa shape index (κ1) is 30.0. The topological polar surface area (TPSA) is 87.7 Å². The smallest absolute Gasteiger partial charge is 0.408 e. The van der Waals surface area contributed by atoms with E-state index in [-0.39, 0.29) is 17.7 Å². The third-order valence-electron chi connectivity index (χ3n) is 5.35. The van der Waals surface area contributed by atoms with E-state index >= 15 is 0 Å². The van der Waals surface area contributed by atoms with Gasteiger partial charge in [-0.1, -0.05) is 45.2 Å².